The Balaban J connectivity index is 2.05. The Morgan fingerprint density at radius 1 is 1.06 bits per heavy atom. The lowest BCUT2D eigenvalue weighted by Gasteiger charge is -2.18. The maximum absolute atomic E-state index is 13.3. The summed E-state index contributed by atoms with van der Waals surface area (Å²) < 4.78 is 15.0. The van der Waals surface area contributed by atoms with Crippen molar-refractivity contribution in [1.29, 1.82) is 0 Å². The fourth-order valence-electron chi connectivity index (χ4n) is 3.40. The maximum atomic E-state index is 13.3. The number of rotatable bonds is 6. The van der Waals surface area contributed by atoms with E-state index in [2.05, 4.69) is 0 Å². The second-order valence-corrected chi connectivity index (χ2v) is 6.85. The highest BCUT2D eigenvalue weighted by atomic mass is 16.5. The number of phenols is 1. The molecule has 2 aromatic rings. The SMILES string of the molecule is CCOC(=O)c1ccc(N2C(=O)/C(=C\c3ccc(O)c(OC)c3)C(C(=O)OC)=C2C)cc1. The van der Waals surface area contributed by atoms with Crippen molar-refractivity contribution in [1.82, 2.24) is 0 Å². The molecule has 1 N–H and O–H groups in total. The molecule has 0 unspecified atom stereocenters. The van der Waals surface area contributed by atoms with Crippen LogP contribution in [-0.4, -0.2) is 43.8 Å². The number of carbonyl (C=O) groups excluding carboxylic acids is 3. The first-order valence-electron chi connectivity index (χ1n) is 9.82. The maximum Gasteiger partial charge on any atom is 0.340 e. The molecule has 0 aliphatic carbocycles. The number of aromatic hydroxyl groups is 1. The third-order valence-corrected chi connectivity index (χ3v) is 4.94. The van der Waals surface area contributed by atoms with Gasteiger partial charge in [-0.1, -0.05) is 6.07 Å². The van der Waals surface area contributed by atoms with E-state index in [0.29, 0.717) is 22.5 Å². The minimum Gasteiger partial charge on any atom is -0.504 e. The Morgan fingerprint density at radius 2 is 1.75 bits per heavy atom. The van der Waals surface area contributed by atoms with Gasteiger partial charge >= 0.3 is 11.9 Å². The highest BCUT2D eigenvalue weighted by Crippen LogP contribution is 2.36. The van der Waals surface area contributed by atoms with E-state index in [1.54, 1.807) is 50.2 Å². The molecule has 1 aliphatic rings. The molecule has 8 nitrogen and oxygen atoms in total. The first kappa shape index (κ1) is 22.6. The number of amides is 1. The third kappa shape index (κ3) is 4.20. The normalized spacial score (nSPS) is 14.7. The van der Waals surface area contributed by atoms with Crippen LogP contribution < -0.4 is 9.64 Å². The summed E-state index contributed by atoms with van der Waals surface area (Å²) in [7, 11) is 2.66. The van der Waals surface area contributed by atoms with Gasteiger partial charge in [-0.05, 0) is 61.9 Å². The second-order valence-electron chi connectivity index (χ2n) is 6.85. The molecule has 1 aliphatic heterocycles. The zero-order chi connectivity index (χ0) is 23.4. The van der Waals surface area contributed by atoms with Crippen molar-refractivity contribution in [2.75, 3.05) is 25.7 Å². The molecule has 32 heavy (non-hydrogen) atoms. The van der Waals surface area contributed by atoms with Gasteiger partial charge < -0.3 is 19.3 Å². The lowest BCUT2D eigenvalue weighted by Crippen LogP contribution is -2.24. The molecular weight excluding hydrogens is 414 g/mol. The molecule has 0 aromatic heterocycles. The van der Waals surface area contributed by atoms with E-state index in [1.807, 2.05) is 0 Å². The molecule has 3 rings (SSSR count). The molecular formula is C24H23NO7. The number of methoxy groups -OCH3 is 2. The highest BCUT2D eigenvalue weighted by Gasteiger charge is 2.38. The van der Waals surface area contributed by atoms with Crippen molar-refractivity contribution >= 4 is 29.6 Å². The molecule has 0 atom stereocenters. The Morgan fingerprint density at radius 3 is 2.34 bits per heavy atom. The first-order chi connectivity index (χ1) is 15.3. The van der Waals surface area contributed by atoms with Gasteiger partial charge in [-0.25, -0.2) is 9.59 Å². The van der Waals surface area contributed by atoms with Crippen LogP contribution in [0.25, 0.3) is 6.08 Å². The number of hydrogen-bond donors (Lipinski definition) is 1. The summed E-state index contributed by atoms with van der Waals surface area (Å²) in [6.07, 6.45) is 1.53. The molecule has 2 aromatic carbocycles. The summed E-state index contributed by atoms with van der Waals surface area (Å²) in [6.45, 7) is 3.61. The number of esters is 2. The summed E-state index contributed by atoms with van der Waals surface area (Å²) in [4.78, 5) is 39.1. The minimum atomic E-state index is -0.654. The van der Waals surface area contributed by atoms with Crippen molar-refractivity contribution in [3.63, 3.8) is 0 Å². The van der Waals surface area contributed by atoms with Crippen molar-refractivity contribution < 1.29 is 33.7 Å². The van der Waals surface area contributed by atoms with Crippen molar-refractivity contribution in [3.05, 3.63) is 70.4 Å². The number of allylic oxidation sites excluding steroid dienone is 1. The molecule has 0 saturated heterocycles. The summed E-state index contributed by atoms with van der Waals surface area (Å²) in [5.74, 6) is -1.36. The molecule has 1 heterocycles. The smallest absolute Gasteiger partial charge is 0.340 e. The van der Waals surface area contributed by atoms with E-state index in [9.17, 15) is 19.5 Å². The quantitative estimate of drug-likeness (QED) is 0.545. The molecule has 0 radical (unpaired) electrons. The Labute approximate surface area is 185 Å². The monoisotopic (exact) mass is 437 g/mol. The Kier molecular flexibility index (Phi) is 6.63. The van der Waals surface area contributed by atoms with Gasteiger partial charge in [0.05, 0.1) is 37.5 Å². The zero-order valence-electron chi connectivity index (χ0n) is 18.2. The van der Waals surface area contributed by atoms with E-state index in [1.165, 1.54) is 31.3 Å². The van der Waals surface area contributed by atoms with Crippen molar-refractivity contribution in [2.24, 2.45) is 0 Å². The largest absolute Gasteiger partial charge is 0.504 e. The predicted octanol–water partition coefficient (Wildman–Crippen LogP) is 3.45. The van der Waals surface area contributed by atoms with E-state index in [4.69, 9.17) is 14.2 Å². The number of ether oxygens (including phenoxy) is 3. The van der Waals surface area contributed by atoms with Gasteiger partial charge in [0.15, 0.2) is 11.5 Å². The van der Waals surface area contributed by atoms with Crippen LogP contribution in [0.4, 0.5) is 5.69 Å². The van der Waals surface area contributed by atoms with Crippen LogP contribution in [-0.2, 0) is 19.1 Å². The van der Waals surface area contributed by atoms with E-state index < -0.39 is 17.8 Å². The van der Waals surface area contributed by atoms with Crippen molar-refractivity contribution in [2.45, 2.75) is 13.8 Å². The Hall–Kier alpha value is -4.07. The number of carbonyl (C=O) groups is 3. The molecule has 0 bridgehead atoms. The molecule has 166 valence electrons. The van der Waals surface area contributed by atoms with Gasteiger partial charge in [0, 0.05) is 11.4 Å². The number of phenolic OH excluding ortho intramolecular Hbond substituents is 1. The second kappa shape index (κ2) is 9.38. The van der Waals surface area contributed by atoms with Crippen molar-refractivity contribution in [3.8, 4) is 11.5 Å². The third-order valence-electron chi connectivity index (χ3n) is 4.94. The number of benzene rings is 2. The lowest BCUT2D eigenvalue weighted by molar-refractivity contribution is -0.136. The van der Waals surface area contributed by atoms with E-state index in [0.717, 1.165) is 0 Å². The van der Waals surface area contributed by atoms with Gasteiger partial charge in [-0.2, -0.15) is 0 Å². The van der Waals surface area contributed by atoms with Gasteiger partial charge in [0.25, 0.3) is 5.91 Å². The molecule has 8 heteroatoms. The van der Waals surface area contributed by atoms with Crippen LogP contribution in [0.2, 0.25) is 0 Å². The Bertz CT molecular complexity index is 1130. The standard InChI is InChI=1S/C24H23NO7/c1-5-32-23(28)16-7-9-17(10-8-16)25-14(2)21(24(29)31-4)18(22(25)27)12-15-6-11-19(26)20(13-15)30-3/h6-13,26H,5H2,1-4H3/b18-12-. The average Bonchev–Trinajstić information content (AvgIpc) is 3.04. The topological polar surface area (TPSA) is 102 Å². The van der Waals surface area contributed by atoms with Crippen LogP contribution in [0.1, 0.15) is 29.8 Å². The fraction of sp³-hybridized carbons (Fsp3) is 0.208. The number of nitrogens with zero attached hydrogens (tertiary/aromatic N) is 1. The summed E-state index contributed by atoms with van der Waals surface area (Å²) in [5, 5.41) is 9.82. The van der Waals surface area contributed by atoms with Crippen LogP contribution in [0.15, 0.2) is 59.3 Å². The van der Waals surface area contributed by atoms with Gasteiger partial charge in [-0.15, -0.1) is 0 Å². The molecule has 0 saturated carbocycles. The average molecular weight is 437 g/mol. The fourth-order valence-corrected chi connectivity index (χ4v) is 3.40. The summed E-state index contributed by atoms with van der Waals surface area (Å²) in [6, 6.07) is 10.9. The zero-order valence-corrected chi connectivity index (χ0v) is 18.2. The van der Waals surface area contributed by atoms with Crippen LogP contribution in [0.3, 0.4) is 0 Å². The van der Waals surface area contributed by atoms with Gasteiger partial charge in [0.1, 0.15) is 0 Å². The summed E-state index contributed by atoms with van der Waals surface area (Å²) in [5.41, 5.74) is 2.03. The number of hydrogen-bond acceptors (Lipinski definition) is 7. The molecule has 0 fully saturated rings. The lowest BCUT2D eigenvalue weighted by atomic mass is 10.0. The van der Waals surface area contributed by atoms with Crippen LogP contribution in [0, 0.1) is 0 Å². The molecule has 0 spiro atoms. The predicted molar refractivity (Wildman–Crippen MR) is 117 cm³/mol. The van der Waals surface area contributed by atoms with Crippen LogP contribution >= 0.6 is 0 Å². The summed E-state index contributed by atoms with van der Waals surface area (Å²) >= 11 is 0. The first-order valence-corrected chi connectivity index (χ1v) is 9.82. The highest BCUT2D eigenvalue weighted by molar-refractivity contribution is 6.23. The van der Waals surface area contributed by atoms with E-state index in [-0.39, 0.29) is 29.3 Å². The van der Waals surface area contributed by atoms with Gasteiger partial charge in [-0.3, -0.25) is 9.69 Å². The van der Waals surface area contributed by atoms with Gasteiger partial charge in [0.2, 0.25) is 0 Å². The van der Waals surface area contributed by atoms with Crippen LogP contribution in [0.5, 0.6) is 11.5 Å². The van der Waals surface area contributed by atoms with E-state index >= 15 is 0 Å². The number of anilines is 1. The minimum absolute atomic E-state index is 0.0457. The molecule has 1 amide bonds.